The van der Waals surface area contributed by atoms with Gasteiger partial charge in [0.1, 0.15) is 58.4 Å². The van der Waals surface area contributed by atoms with Gasteiger partial charge >= 0.3 is 0 Å². The summed E-state index contributed by atoms with van der Waals surface area (Å²) in [6.45, 7) is 9.81. The van der Waals surface area contributed by atoms with Gasteiger partial charge in [-0.15, -0.1) is 45.3 Å². The molecule has 6 aromatic carbocycles. The van der Waals surface area contributed by atoms with Crippen molar-refractivity contribution in [2.75, 3.05) is 13.2 Å². The van der Waals surface area contributed by atoms with Crippen LogP contribution in [0.3, 0.4) is 0 Å². The maximum Gasteiger partial charge on any atom is 0.194 e. The maximum atomic E-state index is 14.6. The lowest BCUT2D eigenvalue weighted by atomic mass is 9.76. The predicted octanol–water partition coefficient (Wildman–Crippen LogP) is 22.0. The third kappa shape index (κ3) is 11.5. The molecule has 0 N–H and O–H groups in total. The van der Waals surface area contributed by atoms with Gasteiger partial charge in [0.2, 0.25) is 0 Å². The first-order valence-electron chi connectivity index (χ1n) is 33.7. The fraction of sp³-hybridized carbons (Fsp3) is 0.238. The van der Waals surface area contributed by atoms with Crippen molar-refractivity contribution in [3.05, 3.63) is 257 Å². The summed E-state index contributed by atoms with van der Waals surface area (Å²) in [5, 5.41) is 41.5. The number of hydrogen-bond donors (Lipinski definition) is 0. The fourth-order valence-corrected chi connectivity index (χ4v) is 19.5. The number of rotatable bonds is 22. The minimum atomic E-state index is -1.32. The van der Waals surface area contributed by atoms with Crippen LogP contribution >= 0.6 is 45.3 Å². The van der Waals surface area contributed by atoms with E-state index in [1.807, 2.05) is 48.5 Å². The van der Waals surface area contributed by atoms with E-state index in [0.717, 1.165) is 111 Å². The molecular weight excluding hydrogens is 1290 g/mol. The zero-order valence-corrected chi connectivity index (χ0v) is 58.2. The van der Waals surface area contributed by atoms with Gasteiger partial charge in [0.15, 0.2) is 22.8 Å². The summed E-state index contributed by atoms with van der Waals surface area (Å²) in [7, 11) is 0. The standard InChI is InChI=1S/C84H68N4O6S4/c1-5-7-9-11-13-19-41-91-59-37-33-57(34-38-59)83(55-29-25-51(3)26-30-55)73-79(77-69(93-83)45-61(95-77)43-67-71(53(47-85)48-86)63-21-15-17-23-65(63)75(67)89)97-82-74-80(98-81(73)82)78-70(46-62(96-78)44-68-72(54(49-87)50-88)64-22-16-18-24-66(64)76(68)90)94-84(74,56-31-27-52(4)28-32-56)58-35-39-60(40-36-58)92-42-20-14-12-10-8-6-2/h15-18,21-40,43-46H,5-14,19-20,41-42H2,1-4H3/b67-43-,68-44-. The van der Waals surface area contributed by atoms with Crippen LogP contribution in [0, 0.1) is 59.2 Å². The molecule has 6 heterocycles. The number of Topliss-reactive ketones (excluding diaryl/α,β-unsaturated/α-hetero) is 2. The van der Waals surface area contributed by atoms with Crippen LogP contribution in [0.5, 0.6) is 23.0 Å². The Morgan fingerprint density at radius 3 is 1.12 bits per heavy atom. The first-order chi connectivity index (χ1) is 48.0. The van der Waals surface area contributed by atoms with E-state index >= 15 is 0 Å². The number of carbonyl (C=O) groups is 2. The average molecular weight is 1360 g/mol. The molecule has 10 nitrogen and oxygen atoms in total. The number of nitriles is 4. The van der Waals surface area contributed by atoms with E-state index in [4.69, 9.17) is 18.9 Å². The Hall–Kier alpha value is -10.2. The van der Waals surface area contributed by atoms with E-state index in [2.05, 4.69) is 125 Å². The van der Waals surface area contributed by atoms with E-state index in [-0.39, 0.29) is 33.9 Å². The Kier molecular flexibility index (Phi) is 18.4. The van der Waals surface area contributed by atoms with Gasteiger partial charge in [-0.1, -0.05) is 211 Å². The van der Waals surface area contributed by atoms with Crippen LogP contribution in [0.25, 0.3) is 52.2 Å². The number of thiophene rings is 4. The minimum absolute atomic E-state index is 0.144. The van der Waals surface area contributed by atoms with Crippen molar-refractivity contribution in [2.24, 2.45) is 0 Å². The maximum absolute atomic E-state index is 14.6. The summed E-state index contributed by atoms with van der Waals surface area (Å²) >= 11 is 6.34. The first-order valence-corrected chi connectivity index (χ1v) is 36.9. The second-order valence-electron chi connectivity index (χ2n) is 25.3. The molecule has 0 radical (unpaired) electrons. The molecule has 4 aliphatic rings. The van der Waals surface area contributed by atoms with E-state index in [1.54, 1.807) is 71.2 Å². The molecular formula is C84H68N4O6S4. The number of carbonyl (C=O) groups excluding carboxylic acids is 2. The highest BCUT2D eigenvalue weighted by Crippen LogP contribution is 2.67. The third-order valence-electron chi connectivity index (χ3n) is 19.0. The van der Waals surface area contributed by atoms with Crippen LogP contribution in [0.1, 0.15) is 177 Å². The lowest BCUT2D eigenvalue weighted by Crippen LogP contribution is -2.38. The fourth-order valence-electron chi connectivity index (χ4n) is 14.1. The summed E-state index contributed by atoms with van der Waals surface area (Å²) in [6, 6.07) is 60.3. The van der Waals surface area contributed by atoms with Crippen molar-refractivity contribution in [2.45, 2.75) is 116 Å². The van der Waals surface area contributed by atoms with Gasteiger partial charge in [-0.05, 0) is 86.4 Å². The van der Waals surface area contributed by atoms with Crippen molar-refractivity contribution in [1.29, 1.82) is 21.0 Å². The molecule has 0 amide bonds. The number of ether oxygens (including phenoxy) is 4. The van der Waals surface area contributed by atoms with E-state index in [1.165, 1.54) is 74.0 Å². The molecule has 0 saturated carbocycles. The Balaban J connectivity index is 1.02. The highest BCUT2D eigenvalue weighted by atomic mass is 32.1. The highest BCUT2D eigenvalue weighted by molar-refractivity contribution is 7.34. The van der Waals surface area contributed by atoms with Crippen molar-refractivity contribution in [3.8, 4) is 66.8 Å². The minimum Gasteiger partial charge on any atom is -0.494 e. The molecule has 2 unspecified atom stereocenters. The Morgan fingerprint density at radius 2 is 0.765 bits per heavy atom. The van der Waals surface area contributed by atoms with Gasteiger partial charge in [-0.25, -0.2) is 0 Å². The zero-order chi connectivity index (χ0) is 67.7. The molecule has 2 aliphatic carbocycles. The SMILES string of the molecule is CCCCCCCCOc1ccc(C2(c3ccc(C)cc3)Oc3cc(/C=C4\C(=O)c5ccccc5C4=C(C#N)C#N)sc3-c3sc4c5c(sc4c32)-c2sc(/C=C3\C(=O)c4ccccc4C3=C(C#N)C#N)cc2OC5(c2ccc(C)cc2)c2ccc(OCCCCCCCC)cc2)cc1. The van der Waals surface area contributed by atoms with Crippen molar-refractivity contribution in [1.82, 2.24) is 0 Å². The number of nitrogens with zero attached hydrogens (tertiary/aromatic N) is 4. The van der Waals surface area contributed by atoms with Gasteiger partial charge in [-0.3, -0.25) is 9.59 Å². The molecule has 4 aromatic heterocycles. The molecule has 14 rings (SSSR count). The average Bonchev–Trinajstić information content (AvgIpc) is 1.50. The molecule has 2 aliphatic heterocycles. The molecule has 98 heavy (non-hydrogen) atoms. The number of fused-ring (bicyclic) bond motifs is 11. The number of hydrogen-bond acceptors (Lipinski definition) is 14. The zero-order valence-electron chi connectivity index (χ0n) is 54.9. The molecule has 0 bridgehead atoms. The lowest BCUT2D eigenvalue weighted by molar-refractivity contribution is 0.103. The largest absolute Gasteiger partial charge is 0.494 e. The molecule has 0 spiro atoms. The van der Waals surface area contributed by atoms with Crippen LogP contribution in [0.4, 0.5) is 0 Å². The van der Waals surface area contributed by atoms with Crippen LogP contribution in [0.2, 0.25) is 0 Å². The van der Waals surface area contributed by atoms with Crippen LogP contribution in [-0.2, 0) is 11.2 Å². The van der Waals surface area contributed by atoms with Gasteiger partial charge in [0.05, 0.1) is 42.1 Å². The van der Waals surface area contributed by atoms with Gasteiger partial charge in [0, 0.05) is 76.6 Å². The van der Waals surface area contributed by atoms with E-state index in [0.29, 0.717) is 67.9 Å². The van der Waals surface area contributed by atoms with Gasteiger partial charge in [-0.2, -0.15) is 21.0 Å². The number of unbranched alkanes of at least 4 members (excludes halogenated alkanes) is 10. The third-order valence-corrected chi connectivity index (χ3v) is 24.0. The summed E-state index contributed by atoms with van der Waals surface area (Å²) in [5.74, 6) is 2.15. The topological polar surface area (TPSA) is 166 Å². The van der Waals surface area contributed by atoms with Crippen LogP contribution < -0.4 is 18.9 Å². The lowest BCUT2D eigenvalue weighted by Gasteiger charge is -2.39. The number of aryl methyl sites for hydroxylation is 2. The summed E-state index contributed by atoms with van der Waals surface area (Å²) in [4.78, 5) is 34.2. The second-order valence-corrected chi connectivity index (χ2v) is 29.6. The molecule has 0 saturated heterocycles. The van der Waals surface area contributed by atoms with Crippen LogP contribution in [0.15, 0.2) is 180 Å². The molecule has 2 atom stereocenters. The summed E-state index contributed by atoms with van der Waals surface area (Å²) < 4.78 is 30.8. The van der Waals surface area contributed by atoms with Gasteiger partial charge in [0.25, 0.3) is 0 Å². The monoisotopic (exact) mass is 1360 g/mol. The Bertz CT molecular complexity index is 4770. The van der Waals surface area contributed by atoms with Crippen LogP contribution in [-0.4, -0.2) is 24.8 Å². The Labute approximate surface area is 587 Å². The second kappa shape index (κ2) is 27.8. The normalized spacial score (nSPS) is 17.0. The van der Waals surface area contributed by atoms with Gasteiger partial charge < -0.3 is 18.9 Å². The van der Waals surface area contributed by atoms with E-state index in [9.17, 15) is 30.6 Å². The van der Waals surface area contributed by atoms with Crippen molar-refractivity contribution >= 4 is 89.6 Å². The molecule has 10 aromatic rings. The molecule has 14 heteroatoms. The predicted molar refractivity (Wildman–Crippen MR) is 394 cm³/mol. The summed E-state index contributed by atoms with van der Waals surface area (Å²) in [5.41, 5.74) is 7.64. The highest BCUT2D eigenvalue weighted by Gasteiger charge is 2.53. The molecule has 484 valence electrons. The number of allylic oxidation sites excluding steroid dienone is 6. The Morgan fingerprint density at radius 1 is 0.429 bits per heavy atom. The summed E-state index contributed by atoms with van der Waals surface area (Å²) in [6.07, 6.45) is 17.4. The smallest absolute Gasteiger partial charge is 0.194 e. The number of benzene rings is 6. The number of ketones is 2. The quantitative estimate of drug-likeness (QED) is 0.0362. The van der Waals surface area contributed by atoms with Crippen molar-refractivity contribution in [3.63, 3.8) is 0 Å². The molecule has 0 fully saturated rings. The van der Waals surface area contributed by atoms with E-state index < -0.39 is 11.2 Å². The first kappa shape index (κ1) is 65.1. The van der Waals surface area contributed by atoms with Crippen molar-refractivity contribution < 1.29 is 28.5 Å².